The Morgan fingerprint density at radius 1 is 1.20 bits per heavy atom. The molecule has 0 aliphatic carbocycles. The van der Waals surface area contributed by atoms with E-state index in [1.54, 1.807) is 7.11 Å². The van der Waals surface area contributed by atoms with Crippen LogP contribution in [0.4, 0.5) is 0 Å². The number of benzene rings is 1. The average Bonchev–Trinajstić information content (AvgIpc) is 3.07. The number of rotatable bonds is 4. The number of ether oxygens (including phenoxy) is 1. The van der Waals surface area contributed by atoms with E-state index in [2.05, 4.69) is 21.4 Å². The van der Waals surface area contributed by atoms with Gasteiger partial charge in [-0.25, -0.2) is 4.98 Å². The van der Waals surface area contributed by atoms with Gasteiger partial charge in [-0.3, -0.25) is 4.79 Å². The molecule has 3 aromatic heterocycles. The lowest BCUT2D eigenvalue weighted by Gasteiger charge is -2.00. The molecule has 3 heterocycles. The largest absolute Gasteiger partial charge is 0.497 e. The molecule has 0 atom stereocenters. The van der Waals surface area contributed by atoms with Gasteiger partial charge >= 0.3 is 0 Å². The molecule has 6 heteroatoms. The summed E-state index contributed by atoms with van der Waals surface area (Å²) in [6.07, 6.45) is 3.71. The van der Waals surface area contributed by atoms with Crippen molar-refractivity contribution in [3.8, 4) is 5.75 Å². The molecule has 124 valence electrons. The van der Waals surface area contributed by atoms with Crippen LogP contribution in [0.3, 0.4) is 0 Å². The van der Waals surface area contributed by atoms with Crippen LogP contribution in [-0.4, -0.2) is 13.0 Å². The van der Waals surface area contributed by atoms with Gasteiger partial charge in [0.2, 0.25) is 5.52 Å². The molecule has 0 aliphatic heterocycles. The van der Waals surface area contributed by atoms with Gasteiger partial charge in [0, 0.05) is 24.2 Å². The highest BCUT2D eigenvalue weighted by Crippen LogP contribution is 2.26. The fourth-order valence-electron chi connectivity index (χ4n) is 2.72. The van der Waals surface area contributed by atoms with Crippen molar-refractivity contribution in [1.82, 2.24) is 5.32 Å². The quantitative estimate of drug-likeness (QED) is 0.614. The Kier molecular flexibility index (Phi) is 4.03. The maximum Gasteiger partial charge on any atom is 0.268 e. The minimum absolute atomic E-state index is 0.0694. The predicted molar refractivity (Wildman–Crippen MR) is 96.6 cm³/mol. The third-order valence-corrected chi connectivity index (χ3v) is 5.09. The maximum atomic E-state index is 12.4. The number of carbonyl (C=O) groups excluding carboxylic acids is 1. The van der Waals surface area contributed by atoms with E-state index < -0.39 is 0 Å². The summed E-state index contributed by atoms with van der Waals surface area (Å²) in [5, 5.41) is 5.02. The molecular formula is C19H17N3O2S+2. The first-order chi connectivity index (χ1) is 12.2. The predicted octanol–water partition coefficient (Wildman–Crippen LogP) is 2.62. The van der Waals surface area contributed by atoms with Crippen LogP contribution in [0.5, 0.6) is 5.75 Å². The number of hydrogen-bond donors (Lipinski definition) is 1. The summed E-state index contributed by atoms with van der Waals surface area (Å²) in [7, 11) is 1.65. The van der Waals surface area contributed by atoms with Crippen molar-refractivity contribution in [2.24, 2.45) is 0 Å². The van der Waals surface area contributed by atoms with Crippen LogP contribution in [0.15, 0.2) is 54.9 Å². The molecule has 0 aliphatic rings. The van der Waals surface area contributed by atoms with Crippen molar-refractivity contribution in [3.63, 3.8) is 0 Å². The normalized spacial score (nSPS) is 10.9. The summed E-state index contributed by atoms with van der Waals surface area (Å²) in [6, 6.07) is 13.8. The first-order valence-corrected chi connectivity index (χ1v) is 8.71. The van der Waals surface area contributed by atoms with Gasteiger partial charge < -0.3 is 10.1 Å². The fraction of sp³-hybridized carbons (Fsp3) is 0.105. The van der Waals surface area contributed by atoms with E-state index in [-0.39, 0.29) is 5.91 Å². The van der Waals surface area contributed by atoms with Gasteiger partial charge in [0.05, 0.1) is 22.8 Å². The summed E-state index contributed by atoms with van der Waals surface area (Å²) in [6.45, 7) is 0.493. The van der Waals surface area contributed by atoms with Crippen LogP contribution >= 0.6 is 11.3 Å². The summed E-state index contributed by atoms with van der Waals surface area (Å²) in [4.78, 5) is 20.5. The van der Waals surface area contributed by atoms with E-state index in [9.17, 15) is 4.79 Å². The summed E-state index contributed by atoms with van der Waals surface area (Å²) in [5.74, 6) is 0.744. The number of amides is 1. The molecule has 0 fully saturated rings. The topological polar surface area (TPSA) is 66.6 Å². The Morgan fingerprint density at radius 2 is 2.12 bits per heavy atom. The lowest BCUT2D eigenvalue weighted by atomic mass is 10.2. The minimum Gasteiger partial charge on any atom is -0.497 e. The highest BCUT2D eigenvalue weighted by molar-refractivity contribution is 7.20. The second-order valence-corrected chi connectivity index (χ2v) is 6.76. The monoisotopic (exact) mass is 351 g/mol. The Balaban J connectivity index is 1.61. The molecule has 5 nitrogen and oxygen atoms in total. The molecule has 0 saturated carbocycles. The number of H-pyrrole nitrogens is 2. The van der Waals surface area contributed by atoms with E-state index in [1.165, 1.54) is 11.3 Å². The minimum atomic E-state index is -0.0694. The van der Waals surface area contributed by atoms with E-state index in [4.69, 9.17) is 4.74 Å². The molecular weight excluding hydrogens is 334 g/mol. The molecule has 0 radical (unpaired) electrons. The smallest absolute Gasteiger partial charge is 0.268 e. The second-order valence-electron chi connectivity index (χ2n) is 5.71. The van der Waals surface area contributed by atoms with Gasteiger partial charge in [0.15, 0.2) is 12.4 Å². The van der Waals surface area contributed by atoms with Crippen molar-refractivity contribution < 1.29 is 19.5 Å². The number of hydrogen-bond acceptors (Lipinski definition) is 3. The number of methoxy groups -OCH3 is 1. The Hall–Kier alpha value is -2.99. The van der Waals surface area contributed by atoms with Crippen LogP contribution in [0, 0.1) is 0 Å². The number of aromatic amines is 2. The summed E-state index contributed by atoms with van der Waals surface area (Å²) < 4.78 is 5.27. The number of carbonyl (C=O) groups is 1. The fourth-order valence-corrected chi connectivity index (χ4v) is 3.69. The van der Waals surface area contributed by atoms with Crippen LogP contribution in [0.1, 0.15) is 15.2 Å². The zero-order chi connectivity index (χ0) is 17.2. The zero-order valence-corrected chi connectivity index (χ0v) is 14.4. The maximum absolute atomic E-state index is 12.4. The van der Waals surface area contributed by atoms with Crippen molar-refractivity contribution in [1.29, 1.82) is 0 Å². The van der Waals surface area contributed by atoms with E-state index in [0.717, 1.165) is 32.4 Å². The first kappa shape index (κ1) is 15.5. The Morgan fingerprint density at radius 3 is 2.92 bits per heavy atom. The number of thiophene rings is 1. The van der Waals surface area contributed by atoms with E-state index in [0.29, 0.717) is 11.4 Å². The van der Waals surface area contributed by atoms with Crippen molar-refractivity contribution in [2.45, 2.75) is 6.54 Å². The van der Waals surface area contributed by atoms with Crippen molar-refractivity contribution >= 4 is 38.4 Å². The first-order valence-electron chi connectivity index (χ1n) is 7.90. The van der Waals surface area contributed by atoms with Gasteiger partial charge in [-0.15, -0.1) is 0 Å². The molecule has 4 aromatic rings. The molecule has 25 heavy (non-hydrogen) atoms. The number of nitrogens with one attached hydrogen (secondary N) is 3. The molecule has 1 aromatic carbocycles. The van der Waals surface area contributed by atoms with Crippen molar-refractivity contribution in [2.75, 3.05) is 7.11 Å². The van der Waals surface area contributed by atoms with E-state index >= 15 is 0 Å². The van der Waals surface area contributed by atoms with Gasteiger partial charge in [-0.05, 0) is 30.3 Å². The SMILES string of the molecule is COc1ccc2[nH+]c3sc(C(=O)NCc4ccc[nH+]c4)cc3cc2c1. The van der Waals surface area contributed by atoms with Crippen LogP contribution in [0.25, 0.3) is 21.1 Å². The summed E-state index contributed by atoms with van der Waals surface area (Å²) >= 11 is 1.46. The van der Waals surface area contributed by atoms with Gasteiger partial charge in [-0.2, -0.15) is 4.98 Å². The second kappa shape index (κ2) is 6.49. The van der Waals surface area contributed by atoms with Crippen LogP contribution in [-0.2, 0) is 6.54 Å². The number of aromatic nitrogens is 2. The average molecular weight is 351 g/mol. The Labute approximate surface area is 148 Å². The zero-order valence-electron chi connectivity index (χ0n) is 13.6. The van der Waals surface area contributed by atoms with Gasteiger partial charge in [0.1, 0.15) is 5.75 Å². The number of pyridine rings is 2. The Bertz CT molecular complexity index is 1060. The lowest BCUT2D eigenvalue weighted by Crippen LogP contribution is -2.22. The van der Waals surface area contributed by atoms with Gasteiger partial charge in [0.25, 0.3) is 10.7 Å². The third kappa shape index (κ3) is 3.16. The molecule has 0 bridgehead atoms. The van der Waals surface area contributed by atoms with Crippen LogP contribution in [0.2, 0.25) is 0 Å². The van der Waals surface area contributed by atoms with E-state index in [1.807, 2.05) is 48.8 Å². The molecule has 4 rings (SSSR count). The third-order valence-electron chi connectivity index (χ3n) is 4.03. The lowest BCUT2D eigenvalue weighted by molar-refractivity contribution is -0.378. The molecule has 3 N–H and O–H groups in total. The summed E-state index contributed by atoms with van der Waals surface area (Å²) in [5.41, 5.74) is 2.04. The van der Waals surface area contributed by atoms with Crippen LogP contribution < -0.4 is 20.0 Å². The number of fused-ring (bicyclic) bond motifs is 2. The molecule has 0 saturated heterocycles. The van der Waals surface area contributed by atoms with Gasteiger partial charge in [-0.1, -0.05) is 11.3 Å². The molecule has 0 unspecified atom stereocenters. The highest BCUT2D eigenvalue weighted by Gasteiger charge is 2.16. The van der Waals surface area contributed by atoms with Crippen molar-refractivity contribution in [3.05, 3.63) is 65.3 Å². The highest BCUT2D eigenvalue weighted by atomic mass is 32.1. The molecule has 0 spiro atoms. The molecule has 1 amide bonds. The standard InChI is InChI=1S/C19H15N3O2S/c1-24-15-4-5-16-13(8-15)7-14-9-17(25-19(14)22-16)18(23)21-11-12-3-2-6-20-10-12/h2-10H,11H2,1H3,(H,21,23)/p+2.